The van der Waals surface area contributed by atoms with Crippen LogP contribution < -0.4 is 14.5 Å². The van der Waals surface area contributed by atoms with Gasteiger partial charge in [-0.1, -0.05) is 111 Å². The molecule has 0 saturated heterocycles. The zero-order valence-corrected chi connectivity index (χ0v) is 30.6. The van der Waals surface area contributed by atoms with E-state index in [0.717, 1.165) is 51.3 Å². The number of fused-ring (bicyclic) bond motifs is 8. The van der Waals surface area contributed by atoms with Gasteiger partial charge < -0.3 is 19.1 Å². The molecule has 0 atom stereocenters. The van der Waals surface area contributed by atoms with Crippen LogP contribution in [-0.2, 0) is 5.41 Å². The number of benzene rings is 8. The number of hydrogen-bond donors (Lipinski definition) is 0. The average molecular weight is 708 g/mol. The second-order valence-corrected chi connectivity index (χ2v) is 15.0. The molecule has 0 fully saturated rings. The van der Waals surface area contributed by atoms with E-state index in [-0.39, 0.29) is 5.41 Å². The molecule has 0 amide bonds. The van der Waals surface area contributed by atoms with E-state index in [0.29, 0.717) is 0 Å². The monoisotopic (exact) mass is 707 g/mol. The fourth-order valence-electron chi connectivity index (χ4n) is 8.97. The van der Waals surface area contributed by atoms with Gasteiger partial charge in [-0.15, -0.1) is 0 Å². The van der Waals surface area contributed by atoms with E-state index in [1.165, 1.54) is 44.1 Å². The van der Waals surface area contributed by atoms with Crippen LogP contribution in [0.3, 0.4) is 0 Å². The van der Waals surface area contributed by atoms with Gasteiger partial charge in [-0.2, -0.15) is 0 Å². The van der Waals surface area contributed by atoms with Crippen LogP contribution >= 0.6 is 0 Å². The lowest BCUT2D eigenvalue weighted by atomic mass is 9.82. The van der Waals surface area contributed by atoms with Crippen LogP contribution in [0.1, 0.15) is 25.0 Å². The van der Waals surface area contributed by atoms with Crippen molar-refractivity contribution in [2.24, 2.45) is 0 Å². The molecular formula is C51H37N3O. The highest BCUT2D eigenvalue weighted by Crippen LogP contribution is 2.54. The van der Waals surface area contributed by atoms with Crippen LogP contribution in [0.25, 0.3) is 38.6 Å². The van der Waals surface area contributed by atoms with Crippen LogP contribution in [0.4, 0.5) is 34.1 Å². The lowest BCUT2D eigenvalue weighted by Gasteiger charge is -2.34. The molecule has 0 radical (unpaired) electrons. The van der Waals surface area contributed by atoms with Crippen molar-refractivity contribution in [2.45, 2.75) is 19.3 Å². The first-order chi connectivity index (χ1) is 27.0. The van der Waals surface area contributed by atoms with E-state index < -0.39 is 0 Å². The van der Waals surface area contributed by atoms with E-state index in [1.807, 2.05) is 12.1 Å². The van der Waals surface area contributed by atoms with Crippen LogP contribution in [0.5, 0.6) is 11.5 Å². The number of rotatable bonds is 5. The van der Waals surface area contributed by atoms with Gasteiger partial charge in [-0.3, -0.25) is 0 Å². The van der Waals surface area contributed by atoms with Crippen molar-refractivity contribution < 1.29 is 4.74 Å². The third-order valence-corrected chi connectivity index (χ3v) is 11.6. The van der Waals surface area contributed by atoms with Gasteiger partial charge in [0.05, 0.1) is 22.4 Å². The molecule has 262 valence electrons. The molecule has 1 aromatic heterocycles. The standard InChI is InChI=1S/C51H37N3O/c1-51(2)43-19-9-6-16-39(43)40-30-28-37(32-44(40)51)52(35-24-26-36(27-25-35)53-45-20-10-7-17-41(45)42-18-8-11-21-46(42)53)38-29-31-48-50(33-38)55-49-23-13-12-22-47(49)54(48)34-14-4-3-5-15-34/h3-33H,1-2H3. The number of nitrogens with zero attached hydrogens (tertiary/aromatic N) is 3. The SMILES string of the molecule is CC1(C)c2ccccc2-c2ccc(N(c3ccc(-n4c5ccccc5c5ccccc54)cc3)c3ccc4c(c3)Oc3ccccc3N4c3ccccc3)cc21. The minimum absolute atomic E-state index is 0.132. The summed E-state index contributed by atoms with van der Waals surface area (Å²) >= 11 is 0. The zero-order chi connectivity index (χ0) is 36.7. The number of anilines is 6. The van der Waals surface area contributed by atoms with Crippen LogP contribution in [0.2, 0.25) is 0 Å². The minimum Gasteiger partial charge on any atom is -0.453 e. The molecule has 0 unspecified atom stereocenters. The van der Waals surface area contributed by atoms with Crippen molar-refractivity contribution >= 4 is 55.9 Å². The summed E-state index contributed by atoms with van der Waals surface area (Å²) in [7, 11) is 0. The largest absolute Gasteiger partial charge is 0.453 e. The molecule has 4 heteroatoms. The normalized spacial score (nSPS) is 13.5. The van der Waals surface area contributed by atoms with Gasteiger partial charge in [-0.05, 0) is 107 Å². The number of aromatic nitrogens is 1. The van der Waals surface area contributed by atoms with Crippen molar-refractivity contribution in [3.8, 4) is 28.3 Å². The molecule has 8 aromatic carbocycles. The summed E-state index contributed by atoms with van der Waals surface area (Å²) in [5, 5.41) is 2.51. The fourth-order valence-corrected chi connectivity index (χ4v) is 8.97. The van der Waals surface area contributed by atoms with Crippen LogP contribution in [0.15, 0.2) is 188 Å². The Labute approximate surface area is 320 Å². The molecule has 4 nitrogen and oxygen atoms in total. The maximum Gasteiger partial charge on any atom is 0.153 e. The maximum atomic E-state index is 6.72. The Morgan fingerprint density at radius 1 is 0.436 bits per heavy atom. The highest BCUT2D eigenvalue weighted by atomic mass is 16.5. The Balaban J connectivity index is 1.08. The first kappa shape index (κ1) is 31.5. The summed E-state index contributed by atoms with van der Waals surface area (Å²) in [4.78, 5) is 4.66. The summed E-state index contributed by atoms with van der Waals surface area (Å²) in [6.45, 7) is 4.68. The zero-order valence-electron chi connectivity index (χ0n) is 30.6. The predicted molar refractivity (Wildman–Crippen MR) is 228 cm³/mol. The van der Waals surface area contributed by atoms with E-state index in [2.05, 4.69) is 204 Å². The predicted octanol–water partition coefficient (Wildman–Crippen LogP) is 14.1. The summed E-state index contributed by atoms with van der Waals surface area (Å²) in [5.41, 5.74) is 15.0. The smallest absolute Gasteiger partial charge is 0.153 e. The average Bonchev–Trinajstić information content (AvgIpc) is 3.69. The molecule has 2 heterocycles. The molecule has 0 N–H and O–H groups in total. The van der Waals surface area contributed by atoms with Crippen molar-refractivity contribution in [3.05, 3.63) is 199 Å². The molecule has 2 aliphatic rings. The number of para-hydroxylation sites is 5. The quantitative estimate of drug-likeness (QED) is 0.178. The van der Waals surface area contributed by atoms with E-state index >= 15 is 0 Å². The van der Waals surface area contributed by atoms with Crippen molar-refractivity contribution in [1.29, 1.82) is 0 Å². The van der Waals surface area contributed by atoms with E-state index in [1.54, 1.807) is 0 Å². The summed E-state index contributed by atoms with van der Waals surface area (Å²) < 4.78 is 9.09. The maximum absolute atomic E-state index is 6.72. The molecule has 1 aliphatic carbocycles. The van der Waals surface area contributed by atoms with Crippen molar-refractivity contribution in [1.82, 2.24) is 4.57 Å². The summed E-state index contributed by atoms with van der Waals surface area (Å²) in [6, 6.07) is 67.5. The van der Waals surface area contributed by atoms with Gasteiger partial charge in [0.1, 0.15) is 0 Å². The lowest BCUT2D eigenvalue weighted by Crippen LogP contribution is -2.18. The topological polar surface area (TPSA) is 20.6 Å². The molecule has 11 rings (SSSR count). The summed E-state index contributed by atoms with van der Waals surface area (Å²) in [5.74, 6) is 1.64. The molecule has 0 spiro atoms. The first-order valence-electron chi connectivity index (χ1n) is 18.9. The second-order valence-electron chi connectivity index (χ2n) is 15.0. The van der Waals surface area contributed by atoms with E-state index in [9.17, 15) is 0 Å². The van der Waals surface area contributed by atoms with Crippen LogP contribution in [0, 0.1) is 0 Å². The third kappa shape index (κ3) is 4.78. The Morgan fingerprint density at radius 3 is 1.80 bits per heavy atom. The number of hydrogen-bond acceptors (Lipinski definition) is 3. The van der Waals surface area contributed by atoms with Gasteiger partial charge in [-0.25, -0.2) is 0 Å². The highest BCUT2D eigenvalue weighted by Gasteiger charge is 2.36. The third-order valence-electron chi connectivity index (χ3n) is 11.6. The summed E-state index contributed by atoms with van der Waals surface area (Å²) in [6.07, 6.45) is 0. The van der Waals surface area contributed by atoms with Gasteiger partial charge in [0.2, 0.25) is 0 Å². The van der Waals surface area contributed by atoms with Gasteiger partial charge in [0.25, 0.3) is 0 Å². The lowest BCUT2D eigenvalue weighted by molar-refractivity contribution is 0.477. The van der Waals surface area contributed by atoms with Crippen LogP contribution in [-0.4, -0.2) is 4.57 Å². The Bertz CT molecular complexity index is 2890. The molecule has 9 aromatic rings. The Hall–Kier alpha value is -7.04. The Kier molecular flexibility index (Phi) is 6.86. The van der Waals surface area contributed by atoms with Gasteiger partial charge in [0.15, 0.2) is 11.5 Å². The Morgan fingerprint density at radius 2 is 1.02 bits per heavy atom. The molecule has 1 aliphatic heterocycles. The highest BCUT2D eigenvalue weighted by molar-refractivity contribution is 6.09. The van der Waals surface area contributed by atoms with Crippen molar-refractivity contribution in [3.63, 3.8) is 0 Å². The fraction of sp³-hybridized carbons (Fsp3) is 0.0588. The second kappa shape index (κ2) is 12.0. The number of ether oxygens (including phenoxy) is 1. The molecular weight excluding hydrogens is 671 g/mol. The van der Waals surface area contributed by atoms with Gasteiger partial charge in [0, 0.05) is 50.7 Å². The minimum atomic E-state index is -0.132. The van der Waals surface area contributed by atoms with E-state index in [4.69, 9.17) is 4.74 Å². The van der Waals surface area contributed by atoms with Gasteiger partial charge >= 0.3 is 0 Å². The first-order valence-corrected chi connectivity index (χ1v) is 18.9. The molecule has 55 heavy (non-hydrogen) atoms. The van der Waals surface area contributed by atoms with Crippen molar-refractivity contribution in [2.75, 3.05) is 9.80 Å². The molecule has 0 saturated carbocycles. The molecule has 0 bridgehead atoms.